The summed E-state index contributed by atoms with van der Waals surface area (Å²) in [6, 6.07) is 9.93. The van der Waals surface area contributed by atoms with Gasteiger partial charge in [-0.05, 0) is 42.1 Å². The van der Waals surface area contributed by atoms with Gasteiger partial charge in [0.1, 0.15) is 12.3 Å². The zero-order valence-corrected chi connectivity index (χ0v) is 17.0. The van der Waals surface area contributed by atoms with Gasteiger partial charge in [0.2, 0.25) is 5.91 Å². The molecule has 0 spiro atoms. The molecule has 0 bridgehead atoms. The maximum absolute atomic E-state index is 13.1. The van der Waals surface area contributed by atoms with Gasteiger partial charge in [0.25, 0.3) is 0 Å². The fourth-order valence-electron chi connectivity index (χ4n) is 2.98. The minimum atomic E-state index is -0.970. The molecular formula is C20H21N3O5S. The summed E-state index contributed by atoms with van der Waals surface area (Å²) in [5, 5.41) is 1.90. The lowest BCUT2D eigenvalue weighted by molar-refractivity contribution is -0.143. The SMILES string of the molecule is CCCN1C(=O)C(=O)N(CC(=O)N(Cc2cccs2)c2ccc(OC)cc2)C1=O. The Balaban J connectivity index is 1.83. The lowest BCUT2D eigenvalue weighted by atomic mass is 10.2. The quantitative estimate of drug-likeness (QED) is 0.488. The summed E-state index contributed by atoms with van der Waals surface area (Å²) in [5.41, 5.74) is 0.597. The Bertz CT molecular complexity index is 911. The summed E-state index contributed by atoms with van der Waals surface area (Å²) in [4.78, 5) is 53.8. The standard InChI is InChI=1S/C20H21N3O5S/c1-3-10-21-18(25)19(26)23(20(21)27)13-17(24)22(12-16-5-4-11-29-16)14-6-8-15(28-2)9-7-14/h4-9,11H,3,10,12-13H2,1-2H3. The first kappa shape index (κ1) is 20.5. The maximum atomic E-state index is 13.1. The highest BCUT2D eigenvalue weighted by molar-refractivity contribution is 7.09. The third-order valence-electron chi connectivity index (χ3n) is 4.45. The second kappa shape index (κ2) is 8.87. The van der Waals surface area contributed by atoms with Crippen LogP contribution in [0, 0.1) is 0 Å². The molecule has 2 heterocycles. The number of methoxy groups -OCH3 is 1. The highest BCUT2D eigenvalue weighted by Crippen LogP contribution is 2.24. The number of amides is 5. The minimum absolute atomic E-state index is 0.144. The lowest BCUT2D eigenvalue weighted by Gasteiger charge is -2.24. The van der Waals surface area contributed by atoms with E-state index in [1.54, 1.807) is 38.3 Å². The van der Waals surface area contributed by atoms with E-state index in [1.165, 1.54) is 16.2 Å². The van der Waals surface area contributed by atoms with Gasteiger partial charge < -0.3 is 9.64 Å². The van der Waals surface area contributed by atoms with Crippen molar-refractivity contribution in [2.24, 2.45) is 0 Å². The molecule has 0 unspecified atom stereocenters. The van der Waals surface area contributed by atoms with Crippen molar-refractivity contribution in [1.29, 1.82) is 0 Å². The Hall–Kier alpha value is -3.20. The van der Waals surface area contributed by atoms with Crippen molar-refractivity contribution in [3.05, 3.63) is 46.7 Å². The zero-order chi connectivity index (χ0) is 21.0. The molecular weight excluding hydrogens is 394 g/mol. The van der Waals surface area contributed by atoms with E-state index in [4.69, 9.17) is 4.74 Å². The number of imide groups is 2. The van der Waals surface area contributed by atoms with Crippen LogP contribution < -0.4 is 9.64 Å². The van der Waals surface area contributed by atoms with Crippen molar-refractivity contribution >= 4 is 40.8 Å². The maximum Gasteiger partial charge on any atom is 0.334 e. The van der Waals surface area contributed by atoms with E-state index in [9.17, 15) is 19.2 Å². The summed E-state index contributed by atoms with van der Waals surface area (Å²) in [7, 11) is 1.55. The topological polar surface area (TPSA) is 87.2 Å². The molecule has 152 valence electrons. The van der Waals surface area contributed by atoms with Gasteiger partial charge in [-0.2, -0.15) is 0 Å². The molecule has 0 aliphatic carbocycles. The molecule has 0 radical (unpaired) electrons. The van der Waals surface area contributed by atoms with Gasteiger partial charge in [-0.25, -0.2) is 9.69 Å². The number of thiophene rings is 1. The number of ether oxygens (including phenoxy) is 1. The minimum Gasteiger partial charge on any atom is -0.497 e. The molecule has 29 heavy (non-hydrogen) atoms. The van der Waals surface area contributed by atoms with Crippen LogP contribution in [0.3, 0.4) is 0 Å². The molecule has 5 amide bonds. The van der Waals surface area contributed by atoms with Gasteiger partial charge in [0.05, 0.1) is 13.7 Å². The number of hydrogen-bond donors (Lipinski definition) is 0. The van der Waals surface area contributed by atoms with Crippen molar-refractivity contribution in [2.75, 3.05) is 25.1 Å². The number of carbonyl (C=O) groups excluding carboxylic acids is 4. The van der Waals surface area contributed by atoms with E-state index >= 15 is 0 Å². The van der Waals surface area contributed by atoms with Crippen LogP contribution in [0.15, 0.2) is 41.8 Å². The lowest BCUT2D eigenvalue weighted by Crippen LogP contribution is -2.43. The third kappa shape index (κ3) is 4.29. The number of anilines is 1. The molecule has 1 aromatic carbocycles. The van der Waals surface area contributed by atoms with Crippen LogP contribution in [0.5, 0.6) is 5.75 Å². The number of urea groups is 1. The van der Waals surface area contributed by atoms with E-state index < -0.39 is 30.3 Å². The smallest absolute Gasteiger partial charge is 0.334 e. The summed E-state index contributed by atoms with van der Waals surface area (Å²) in [6.45, 7) is 1.73. The molecule has 3 rings (SSSR count). The normalized spacial score (nSPS) is 13.9. The monoisotopic (exact) mass is 415 g/mol. The van der Waals surface area contributed by atoms with Crippen LogP contribution in [-0.2, 0) is 20.9 Å². The Morgan fingerprint density at radius 1 is 1.07 bits per heavy atom. The number of benzene rings is 1. The van der Waals surface area contributed by atoms with Crippen LogP contribution in [-0.4, -0.2) is 53.8 Å². The first-order valence-electron chi connectivity index (χ1n) is 9.10. The van der Waals surface area contributed by atoms with Crippen molar-refractivity contribution in [1.82, 2.24) is 9.80 Å². The molecule has 8 nitrogen and oxygen atoms in total. The van der Waals surface area contributed by atoms with Crippen molar-refractivity contribution in [2.45, 2.75) is 19.9 Å². The van der Waals surface area contributed by atoms with Gasteiger partial charge in [-0.15, -0.1) is 11.3 Å². The first-order chi connectivity index (χ1) is 14.0. The summed E-state index contributed by atoms with van der Waals surface area (Å²) < 4.78 is 5.16. The van der Waals surface area contributed by atoms with Gasteiger partial charge in [0, 0.05) is 17.1 Å². The number of rotatable bonds is 8. The van der Waals surface area contributed by atoms with Crippen LogP contribution >= 0.6 is 11.3 Å². The molecule has 0 N–H and O–H groups in total. The molecule has 2 aromatic rings. The second-order valence-electron chi connectivity index (χ2n) is 6.39. The summed E-state index contributed by atoms with van der Waals surface area (Å²) in [6.07, 6.45) is 0.531. The van der Waals surface area contributed by atoms with E-state index in [1.807, 2.05) is 17.5 Å². The third-order valence-corrected chi connectivity index (χ3v) is 5.32. The van der Waals surface area contributed by atoms with E-state index in [2.05, 4.69) is 0 Å². The predicted molar refractivity (Wildman–Crippen MR) is 108 cm³/mol. The molecule has 0 atom stereocenters. The van der Waals surface area contributed by atoms with Crippen LogP contribution in [0.4, 0.5) is 10.5 Å². The highest BCUT2D eigenvalue weighted by Gasteiger charge is 2.45. The summed E-state index contributed by atoms with van der Waals surface area (Å²) >= 11 is 1.49. The number of carbonyl (C=O) groups is 4. The van der Waals surface area contributed by atoms with Gasteiger partial charge >= 0.3 is 17.8 Å². The molecule has 1 aromatic heterocycles. The fourth-order valence-corrected chi connectivity index (χ4v) is 3.67. The van der Waals surface area contributed by atoms with E-state index in [0.717, 1.165) is 9.78 Å². The highest BCUT2D eigenvalue weighted by atomic mass is 32.1. The molecule has 1 saturated heterocycles. The van der Waals surface area contributed by atoms with Crippen molar-refractivity contribution < 1.29 is 23.9 Å². The van der Waals surface area contributed by atoms with Crippen LogP contribution in [0.25, 0.3) is 0 Å². The Kier molecular flexibility index (Phi) is 6.28. The number of nitrogens with zero attached hydrogens (tertiary/aromatic N) is 3. The molecule has 0 saturated carbocycles. The van der Waals surface area contributed by atoms with E-state index in [-0.39, 0.29) is 13.1 Å². The average Bonchev–Trinajstić information content (AvgIpc) is 3.31. The summed E-state index contributed by atoms with van der Waals surface area (Å²) in [5.74, 6) is -1.68. The molecule has 1 aliphatic heterocycles. The van der Waals surface area contributed by atoms with Gasteiger partial charge in [0.15, 0.2) is 0 Å². The van der Waals surface area contributed by atoms with Crippen molar-refractivity contribution in [3.8, 4) is 5.75 Å². The Morgan fingerprint density at radius 3 is 2.34 bits per heavy atom. The van der Waals surface area contributed by atoms with Crippen LogP contribution in [0.2, 0.25) is 0 Å². The Morgan fingerprint density at radius 2 is 1.76 bits per heavy atom. The van der Waals surface area contributed by atoms with E-state index in [0.29, 0.717) is 22.8 Å². The average molecular weight is 415 g/mol. The zero-order valence-electron chi connectivity index (χ0n) is 16.2. The first-order valence-corrected chi connectivity index (χ1v) is 9.98. The fraction of sp³-hybridized carbons (Fsp3) is 0.300. The Labute approximate surface area is 172 Å². The van der Waals surface area contributed by atoms with Gasteiger partial charge in [-0.3, -0.25) is 19.3 Å². The predicted octanol–water partition coefficient (Wildman–Crippen LogP) is 2.49. The molecule has 1 fully saturated rings. The van der Waals surface area contributed by atoms with Crippen LogP contribution in [0.1, 0.15) is 18.2 Å². The van der Waals surface area contributed by atoms with Gasteiger partial charge in [-0.1, -0.05) is 13.0 Å². The second-order valence-corrected chi connectivity index (χ2v) is 7.42. The molecule has 1 aliphatic rings. The largest absolute Gasteiger partial charge is 0.497 e. The number of hydrogen-bond acceptors (Lipinski definition) is 6. The van der Waals surface area contributed by atoms with Crippen molar-refractivity contribution in [3.63, 3.8) is 0 Å². The molecule has 9 heteroatoms.